The molecule has 0 N–H and O–H groups in total. The molecule has 0 spiro atoms. The van der Waals surface area contributed by atoms with Crippen LogP contribution in [-0.4, -0.2) is 35.5 Å². The van der Waals surface area contributed by atoms with Crippen molar-refractivity contribution in [3.8, 4) is 0 Å². The van der Waals surface area contributed by atoms with Crippen LogP contribution in [0.25, 0.3) is 0 Å². The number of hydrogen-bond acceptors (Lipinski definition) is 3. The molecule has 158 valence electrons. The maximum absolute atomic E-state index is 13.3. The van der Waals surface area contributed by atoms with Crippen molar-refractivity contribution in [3.63, 3.8) is 0 Å². The number of aryl methyl sites for hydroxylation is 1. The van der Waals surface area contributed by atoms with E-state index in [1.807, 2.05) is 19.1 Å². The maximum Gasteiger partial charge on any atom is 0.471 e. The first-order valence-electron chi connectivity index (χ1n) is 10.2. The minimum atomic E-state index is -5.12. The van der Waals surface area contributed by atoms with Crippen LogP contribution in [0.4, 0.5) is 18.9 Å². The third-order valence-electron chi connectivity index (χ3n) is 7.18. The van der Waals surface area contributed by atoms with Gasteiger partial charge in [-0.2, -0.15) is 13.2 Å². The van der Waals surface area contributed by atoms with Crippen molar-refractivity contribution in [2.75, 3.05) is 11.6 Å². The predicted molar refractivity (Wildman–Crippen MR) is 101 cm³/mol. The van der Waals surface area contributed by atoms with Gasteiger partial charge < -0.3 is 0 Å². The van der Waals surface area contributed by atoms with Crippen LogP contribution in [0.5, 0.6) is 0 Å². The molecular weight excluding hydrogens is 397 g/mol. The third-order valence-corrected chi connectivity index (χ3v) is 7.18. The number of alkyl halides is 3. The van der Waals surface area contributed by atoms with Crippen LogP contribution >= 0.6 is 0 Å². The van der Waals surface area contributed by atoms with Gasteiger partial charge in [0.25, 0.3) is 0 Å². The zero-order chi connectivity index (χ0) is 21.4. The maximum atomic E-state index is 13.3. The van der Waals surface area contributed by atoms with E-state index >= 15 is 0 Å². The molecule has 3 fully saturated rings. The highest BCUT2D eigenvalue weighted by Gasteiger charge is 2.67. The molecule has 0 unspecified atom stereocenters. The van der Waals surface area contributed by atoms with Crippen molar-refractivity contribution in [1.29, 1.82) is 0 Å². The second kappa shape index (κ2) is 6.43. The van der Waals surface area contributed by atoms with Crippen LogP contribution in [0.3, 0.4) is 0 Å². The second-order valence-electron chi connectivity index (χ2n) is 8.65. The van der Waals surface area contributed by atoms with Gasteiger partial charge in [-0.3, -0.25) is 24.2 Å². The Balaban J connectivity index is 1.45. The van der Waals surface area contributed by atoms with E-state index < -0.39 is 42.4 Å². The largest absolute Gasteiger partial charge is 0.471 e. The molecule has 30 heavy (non-hydrogen) atoms. The minimum absolute atomic E-state index is 0.00828. The molecule has 1 aliphatic heterocycles. The summed E-state index contributed by atoms with van der Waals surface area (Å²) in [5.41, 5.74) is 0.910. The van der Waals surface area contributed by atoms with Crippen LogP contribution in [0.1, 0.15) is 18.9 Å². The van der Waals surface area contributed by atoms with Gasteiger partial charge in [0, 0.05) is 5.69 Å². The first-order valence-corrected chi connectivity index (χ1v) is 10.2. The van der Waals surface area contributed by atoms with Crippen molar-refractivity contribution < 1.29 is 27.6 Å². The highest BCUT2D eigenvalue weighted by Crippen LogP contribution is 2.65. The standard InChI is InChI=1S/C22H21F3N2O3/c1-2-11-3-5-12(6-4-11)26(21(30)22(23,24)25)10-27-19(28)17-13-7-8-14(16-9-15(13)16)18(17)20(27)29/h3-8,13-18H,2,9-10H2,1H3/t13-,14-,15-,16+,17-,18+/m0/s1. The number of nitrogens with zero attached hydrogens (tertiary/aromatic N) is 2. The Morgan fingerprint density at radius 3 is 2.03 bits per heavy atom. The van der Waals surface area contributed by atoms with E-state index in [0.29, 0.717) is 23.2 Å². The molecular formula is C22H21F3N2O3. The number of carbonyl (C=O) groups is 3. The first kappa shape index (κ1) is 19.3. The van der Waals surface area contributed by atoms with Crippen molar-refractivity contribution in [2.45, 2.75) is 25.9 Å². The Morgan fingerprint density at radius 2 is 1.57 bits per heavy atom. The lowest BCUT2D eigenvalue weighted by Crippen LogP contribution is -2.49. The fourth-order valence-electron chi connectivity index (χ4n) is 5.63. The highest BCUT2D eigenvalue weighted by molar-refractivity contribution is 6.07. The smallest absolute Gasteiger partial charge is 0.286 e. The van der Waals surface area contributed by atoms with E-state index in [1.54, 1.807) is 12.1 Å². The monoisotopic (exact) mass is 418 g/mol. The number of amides is 3. The van der Waals surface area contributed by atoms with Crippen LogP contribution in [-0.2, 0) is 20.8 Å². The topological polar surface area (TPSA) is 57.7 Å². The minimum Gasteiger partial charge on any atom is -0.286 e. The number of imide groups is 1. The van der Waals surface area contributed by atoms with E-state index in [9.17, 15) is 27.6 Å². The van der Waals surface area contributed by atoms with Crippen molar-refractivity contribution in [2.24, 2.45) is 35.5 Å². The molecule has 6 rings (SSSR count). The summed E-state index contributed by atoms with van der Waals surface area (Å²) in [6.07, 6.45) is 0.564. The number of hydrogen-bond donors (Lipinski definition) is 0. The molecule has 6 atom stereocenters. The molecule has 3 amide bonds. The van der Waals surface area contributed by atoms with E-state index in [2.05, 4.69) is 0 Å². The molecule has 2 bridgehead atoms. The highest BCUT2D eigenvalue weighted by atomic mass is 19.4. The SMILES string of the molecule is CCc1ccc(N(CN2C(=O)[C@@H]3[C@H]4C=C[C@@H]([C@@H]5C[C@H]45)[C@@H]3C2=O)C(=O)C(F)(F)F)cc1. The number of halogens is 3. The number of carbonyl (C=O) groups excluding carboxylic acids is 3. The molecule has 2 saturated carbocycles. The number of anilines is 1. The number of allylic oxidation sites excluding steroid dienone is 2. The van der Waals surface area contributed by atoms with Crippen molar-refractivity contribution in [3.05, 3.63) is 42.0 Å². The van der Waals surface area contributed by atoms with Gasteiger partial charge in [-0.05, 0) is 54.2 Å². The molecule has 4 aliphatic carbocycles. The molecule has 1 heterocycles. The van der Waals surface area contributed by atoms with Gasteiger partial charge in [0.2, 0.25) is 11.8 Å². The van der Waals surface area contributed by atoms with Gasteiger partial charge >= 0.3 is 12.1 Å². The summed E-state index contributed by atoms with van der Waals surface area (Å²) in [6.45, 7) is 1.19. The summed E-state index contributed by atoms with van der Waals surface area (Å²) >= 11 is 0. The lowest BCUT2D eigenvalue weighted by atomic mass is 9.63. The van der Waals surface area contributed by atoms with Crippen LogP contribution in [0.2, 0.25) is 0 Å². The Kier molecular flexibility index (Phi) is 4.14. The number of likely N-dealkylation sites (tertiary alicyclic amines) is 1. The van der Waals surface area contributed by atoms with Gasteiger partial charge in [0.1, 0.15) is 6.67 Å². The Hall–Kier alpha value is -2.64. The molecule has 1 saturated heterocycles. The molecule has 1 aromatic carbocycles. The molecule has 5 nitrogen and oxygen atoms in total. The fourth-order valence-corrected chi connectivity index (χ4v) is 5.63. The van der Waals surface area contributed by atoms with Gasteiger partial charge in [0.05, 0.1) is 11.8 Å². The van der Waals surface area contributed by atoms with Gasteiger partial charge in [-0.1, -0.05) is 31.2 Å². The van der Waals surface area contributed by atoms with Crippen LogP contribution in [0, 0.1) is 35.5 Å². The quantitative estimate of drug-likeness (QED) is 0.558. The van der Waals surface area contributed by atoms with Gasteiger partial charge in [0.15, 0.2) is 0 Å². The zero-order valence-electron chi connectivity index (χ0n) is 16.3. The lowest BCUT2D eigenvalue weighted by Gasteiger charge is -2.37. The zero-order valence-corrected chi connectivity index (χ0v) is 16.3. The first-order chi connectivity index (χ1) is 14.2. The van der Waals surface area contributed by atoms with E-state index in [0.717, 1.165) is 16.9 Å². The molecule has 1 aromatic rings. The van der Waals surface area contributed by atoms with E-state index in [-0.39, 0.29) is 17.5 Å². The van der Waals surface area contributed by atoms with Gasteiger partial charge in [-0.25, -0.2) is 0 Å². The Labute approximate surface area is 171 Å². The number of rotatable bonds is 4. The average molecular weight is 418 g/mol. The average Bonchev–Trinajstić information content (AvgIpc) is 3.51. The predicted octanol–water partition coefficient (Wildman–Crippen LogP) is 3.15. The van der Waals surface area contributed by atoms with Crippen molar-refractivity contribution >= 4 is 23.4 Å². The lowest BCUT2D eigenvalue weighted by molar-refractivity contribution is -0.171. The summed E-state index contributed by atoms with van der Waals surface area (Å²) in [5.74, 6) is -3.29. The summed E-state index contributed by atoms with van der Waals surface area (Å²) in [5, 5.41) is 0. The van der Waals surface area contributed by atoms with Gasteiger partial charge in [-0.15, -0.1) is 0 Å². The van der Waals surface area contributed by atoms with E-state index in [1.165, 1.54) is 12.1 Å². The fraction of sp³-hybridized carbons (Fsp3) is 0.500. The molecule has 5 aliphatic rings. The number of benzene rings is 1. The van der Waals surface area contributed by atoms with Crippen molar-refractivity contribution in [1.82, 2.24) is 4.90 Å². The normalized spacial score (nSPS) is 33.5. The Bertz CT molecular complexity index is 919. The van der Waals surface area contributed by atoms with Crippen LogP contribution < -0.4 is 4.90 Å². The third kappa shape index (κ3) is 2.72. The summed E-state index contributed by atoms with van der Waals surface area (Å²) < 4.78 is 39.9. The molecule has 0 radical (unpaired) electrons. The molecule has 8 heteroatoms. The summed E-state index contributed by atoms with van der Waals surface area (Å²) in [4.78, 5) is 39.7. The Morgan fingerprint density at radius 1 is 1.03 bits per heavy atom. The van der Waals surface area contributed by atoms with Crippen LogP contribution in [0.15, 0.2) is 36.4 Å². The second-order valence-corrected chi connectivity index (χ2v) is 8.65. The van der Waals surface area contributed by atoms with E-state index in [4.69, 9.17) is 0 Å². The molecule has 0 aromatic heterocycles. The summed E-state index contributed by atoms with van der Waals surface area (Å²) in [6, 6.07) is 6.11. The summed E-state index contributed by atoms with van der Waals surface area (Å²) in [7, 11) is 0.